The molecule has 0 saturated carbocycles. The number of nitrogens with two attached hydrogens (primary N) is 1. The first-order valence-corrected chi connectivity index (χ1v) is 12.7. The predicted octanol–water partition coefficient (Wildman–Crippen LogP) is 1.91. The molecule has 0 spiro atoms. The molecule has 0 radical (unpaired) electrons. The smallest absolute Gasteiger partial charge is 0.416 e. The van der Waals surface area contributed by atoms with E-state index < -0.39 is 64.8 Å². The number of aliphatic hydroxyl groups excluding tert-OH is 1. The molecule has 6 N–H and O–H groups in total. The van der Waals surface area contributed by atoms with Gasteiger partial charge in [-0.2, -0.15) is 13.2 Å². The van der Waals surface area contributed by atoms with Crippen LogP contribution in [-0.4, -0.2) is 71.7 Å². The summed E-state index contributed by atoms with van der Waals surface area (Å²) in [6.45, 7) is 7.70. The van der Waals surface area contributed by atoms with Crippen LogP contribution in [0.1, 0.15) is 57.8 Å². The molecule has 1 aliphatic rings. The number of alkyl halides is 3. The molecule has 1 saturated heterocycles. The molecule has 0 aliphatic carbocycles. The summed E-state index contributed by atoms with van der Waals surface area (Å²) in [6.07, 6.45) is -7.53. The van der Waals surface area contributed by atoms with E-state index in [9.17, 15) is 37.5 Å². The number of rotatable bonds is 11. The van der Waals surface area contributed by atoms with Gasteiger partial charge in [-0.3, -0.25) is 19.7 Å². The Bertz CT molecular complexity index is 1050. The Kier molecular flexibility index (Phi) is 10.3. The van der Waals surface area contributed by atoms with Crippen molar-refractivity contribution in [3.8, 4) is 0 Å². The third-order valence-electron chi connectivity index (χ3n) is 6.95. The first-order chi connectivity index (χ1) is 18.0. The van der Waals surface area contributed by atoms with Crippen LogP contribution < -0.4 is 21.7 Å². The van der Waals surface area contributed by atoms with Gasteiger partial charge in [0, 0.05) is 5.69 Å². The number of esters is 1. The van der Waals surface area contributed by atoms with Crippen LogP contribution >= 0.6 is 0 Å². The number of carbonyl (C=O) groups is 4. The minimum absolute atomic E-state index is 0.0503. The van der Waals surface area contributed by atoms with Gasteiger partial charge in [0.25, 0.3) is 0 Å². The second-order valence-electron chi connectivity index (χ2n) is 10.5. The SMILES string of the molecule is CCOC(=O)c1ccc(NC(=O)C(C)(C)[C@H](N)C(=O)[C@]2(C(=O)NC(C(C)C)C(O)C(F)(F)F)CCCN2)cc1. The van der Waals surface area contributed by atoms with E-state index in [0.717, 1.165) is 0 Å². The van der Waals surface area contributed by atoms with E-state index in [1.807, 2.05) is 0 Å². The van der Waals surface area contributed by atoms with E-state index >= 15 is 0 Å². The summed E-state index contributed by atoms with van der Waals surface area (Å²) in [5.74, 6) is -3.91. The van der Waals surface area contributed by atoms with Gasteiger partial charge in [-0.05, 0) is 70.3 Å². The Hall–Kier alpha value is -3.03. The van der Waals surface area contributed by atoms with Crippen molar-refractivity contribution < 1.29 is 42.2 Å². The van der Waals surface area contributed by atoms with Gasteiger partial charge in [-0.25, -0.2) is 4.79 Å². The topological polar surface area (TPSA) is 160 Å². The van der Waals surface area contributed by atoms with E-state index in [1.165, 1.54) is 52.0 Å². The van der Waals surface area contributed by atoms with Crippen LogP contribution in [0.3, 0.4) is 0 Å². The Morgan fingerprint density at radius 1 is 1.15 bits per heavy atom. The minimum Gasteiger partial charge on any atom is -0.462 e. The summed E-state index contributed by atoms with van der Waals surface area (Å²) in [5.41, 5.74) is 3.30. The molecule has 1 aromatic rings. The van der Waals surface area contributed by atoms with E-state index in [-0.39, 0.29) is 25.1 Å². The Morgan fingerprint density at radius 2 is 1.74 bits per heavy atom. The van der Waals surface area contributed by atoms with Crippen LogP contribution in [0.15, 0.2) is 24.3 Å². The number of carbonyl (C=O) groups excluding carboxylic acids is 4. The second kappa shape index (κ2) is 12.4. The number of Topliss-reactive ketones (excluding diaryl/α,β-unsaturated/α-hetero) is 1. The number of aliphatic hydroxyl groups is 1. The summed E-state index contributed by atoms with van der Waals surface area (Å²) in [5, 5.41) is 17.4. The van der Waals surface area contributed by atoms with Crippen molar-refractivity contribution >= 4 is 29.3 Å². The average molecular weight is 559 g/mol. The quantitative estimate of drug-likeness (QED) is 0.203. The van der Waals surface area contributed by atoms with Gasteiger partial charge >= 0.3 is 12.1 Å². The van der Waals surface area contributed by atoms with Gasteiger partial charge in [0.15, 0.2) is 17.4 Å². The number of amides is 2. The van der Waals surface area contributed by atoms with Gasteiger partial charge in [0.05, 0.1) is 29.7 Å². The first kappa shape index (κ1) is 32.2. The molecule has 39 heavy (non-hydrogen) atoms. The zero-order chi connectivity index (χ0) is 29.8. The second-order valence-corrected chi connectivity index (χ2v) is 10.5. The van der Waals surface area contributed by atoms with Crippen molar-refractivity contribution in [3.63, 3.8) is 0 Å². The average Bonchev–Trinajstić information content (AvgIpc) is 3.37. The maximum absolute atomic E-state index is 13.6. The van der Waals surface area contributed by atoms with Gasteiger partial charge in [-0.15, -0.1) is 0 Å². The highest BCUT2D eigenvalue weighted by Gasteiger charge is 2.55. The molecule has 13 heteroatoms. The summed E-state index contributed by atoms with van der Waals surface area (Å²) in [6, 6.07) is 2.60. The standard InChI is InChI=1S/C26H37F3N4O6/c1-6-39-21(36)15-8-10-16(11-9-15)32-22(37)24(4,5)18(30)20(35)25(12-7-13-31-25)23(38)33-17(14(2)3)19(34)26(27,28)29/h8-11,14,17-19,31,34H,6-7,12-13,30H2,1-5H3,(H,32,37)(H,33,38)/t17?,18-,19?,25+/m1/s1. The molecule has 1 heterocycles. The summed E-state index contributed by atoms with van der Waals surface area (Å²) < 4.78 is 44.6. The third kappa shape index (κ3) is 7.14. The van der Waals surface area contributed by atoms with Crippen LogP contribution in [-0.2, 0) is 19.1 Å². The van der Waals surface area contributed by atoms with Crippen molar-refractivity contribution in [2.75, 3.05) is 18.5 Å². The maximum atomic E-state index is 13.6. The van der Waals surface area contributed by atoms with Crippen molar-refractivity contribution in [2.45, 2.75) is 77.4 Å². The molecule has 2 rings (SSSR count). The number of benzene rings is 1. The molecular weight excluding hydrogens is 521 g/mol. The van der Waals surface area contributed by atoms with Crippen LogP contribution in [0, 0.1) is 11.3 Å². The predicted molar refractivity (Wildman–Crippen MR) is 137 cm³/mol. The fourth-order valence-electron chi connectivity index (χ4n) is 4.28. The normalized spacial score (nSPS) is 20.2. The number of hydrogen-bond acceptors (Lipinski definition) is 8. The zero-order valence-corrected chi connectivity index (χ0v) is 22.6. The van der Waals surface area contributed by atoms with E-state index in [0.29, 0.717) is 12.1 Å². The monoisotopic (exact) mass is 558 g/mol. The summed E-state index contributed by atoms with van der Waals surface area (Å²) in [4.78, 5) is 51.9. The Labute approximate surface area is 225 Å². The van der Waals surface area contributed by atoms with Crippen molar-refractivity contribution in [2.24, 2.45) is 17.1 Å². The first-order valence-electron chi connectivity index (χ1n) is 12.7. The van der Waals surface area contributed by atoms with Crippen LogP contribution in [0.25, 0.3) is 0 Å². The molecule has 10 nitrogen and oxygen atoms in total. The molecule has 0 bridgehead atoms. The number of halogens is 3. The lowest BCUT2D eigenvalue weighted by Crippen LogP contribution is -2.68. The highest BCUT2D eigenvalue weighted by atomic mass is 19.4. The van der Waals surface area contributed by atoms with Crippen LogP contribution in [0.4, 0.5) is 18.9 Å². The fraction of sp³-hybridized carbons (Fsp3) is 0.615. The highest BCUT2D eigenvalue weighted by Crippen LogP contribution is 2.31. The number of hydrogen-bond donors (Lipinski definition) is 5. The molecule has 0 aromatic heterocycles. The van der Waals surface area contributed by atoms with Gasteiger partial charge in [-0.1, -0.05) is 13.8 Å². The largest absolute Gasteiger partial charge is 0.462 e. The van der Waals surface area contributed by atoms with Gasteiger partial charge < -0.3 is 26.2 Å². The Balaban J connectivity index is 2.24. The minimum atomic E-state index is -4.99. The fourth-order valence-corrected chi connectivity index (χ4v) is 4.28. The van der Waals surface area contributed by atoms with Crippen molar-refractivity contribution in [1.82, 2.24) is 10.6 Å². The van der Waals surface area contributed by atoms with Crippen molar-refractivity contribution in [3.05, 3.63) is 29.8 Å². The zero-order valence-electron chi connectivity index (χ0n) is 22.6. The van der Waals surface area contributed by atoms with Gasteiger partial charge in [0.1, 0.15) is 0 Å². The lowest BCUT2D eigenvalue weighted by molar-refractivity contribution is -0.215. The Morgan fingerprint density at radius 3 is 2.21 bits per heavy atom. The third-order valence-corrected chi connectivity index (χ3v) is 6.95. The molecule has 2 amide bonds. The van der Waals surface area contributed by atoms with E-state index in [1.54, 1.807) is 6.92 Å². The lowest BCUT2D eigenvalue weighted by atomic mass is 9.74. The molecular formula is C26H37F3N4O6. The number of anilines is 1. The van der Waals surface area contributed by atoms with E-state index in [4.69, 9.17) is 10.5 Å². The molecule has 2 unspecified atom stereocenters. The maximum Gasteiger partial charge on any atom is 0.416 e. The molecule has 1 aromatic carbocycles. The number of nitrogens with one attached hydrogen (secondary N) is 3. The van der Waals surface area contributed by atoms with Crippen molar-refractivity contribution in [1.29, 1.82) is 0 Å². The van der Waals surface area contributed by atoms with Crippen LogP contribution in [0.2, 0.25) is 0 Å². The van der Waals surface area contributed by atoms with Gasteiger partial charge in [0.2, 0.25) is 11.8 Å². The molecule has 218 valence electrons. The number of ketones is 1. The van der Waals surface area contributed by atoms with E-state index in [2.05, 4.69) is 16.0 Å². The molecule has 1 aliphatic heterocycles. The number of ether oxygens (including phenoxy) is 1. The summed E-state index contributed by atoms with van der Waals surface area (Å²) in [7, 11) is 0. The molecule has 4 atom stereocenters. The summed E-state index contributed by atoms with van der Waals surface area (Å²) >= 11 is 0. The lowest BCUT2D eigenvalue weighted by Gasteiger charge is -2.37. The highest BCUT2D eigenvalue weighted by molar-refractivity contribution is 6.15. The molecule has 1 fully saturated rings. The van der Waals surface area contributed by atoms with Crippen LogP contribution in [0.5, 0.6) is 0 Å².